The first-order valence-corrected chi connectivity index (χ1v) is 10.7. The number of imide groups is 1. The predicted octanol–water partition coefficient (Wildman–Crippen LogP) is 2.90. The molecule has 1 heterocycles. The van der Waals surface area contributed by atoms with Crippen LogP contribution in [0.2, 0.25) is 0 Å². The van der Waals surface area contributed by atoms with Crippen LogP contribution in [0.1, 0.15) is 38.3 Å². The van der Waals surface area contributed by atoms with Gasteiger partial charge in [0, 0.05) is 37.1 Å². The van der Waals surface area contributed by atoms with E-state index in [0.29, 0.717) is 36.3 Å². The Bertz CT molecular complexity index is 1040. The van der Waals surface area contributed by atoms with Gasteiger partial charge in [0.05, 0.1) is 22.8 Å². The fourth-order valence-electron chi connectivity index (χ4n) is 3.35. The zero-order valence-electron chi connectivity index (χ0n) is 17.5. The Balaban J connectivity index is 1.67. The number of carbonyl (C=O) groups excluding carboxylic acids is 3. The van der Waals surface area contributed by atoms with Crippen LogP contribution >= 0.6 is 15.9 Å². The number of rotatable bonds is 8. The highest BCUT2D eigenvalue weighted by Gasteiger charge is 2.35. The van der Waals surface area contributed by atoms with Crippen LogP contribution in [0.3, 0.4) is 0 Å². The molecule has 0 aliphatic carbocycles. The van der Waals surface area contributed by atoms with Gasteiger partial charge in [-0.25, -0.2) is 0 Å². The van der Waals surface area contributed by atoms with Crippen molar-refractivity contribution in [3.05, 3.63) is 69.2 Å². The van der Waals surface area contributed by atoms with Crippen molar-refractivity contribution in [2.24, 2.45) is 0 Å². The average molecular weight is 483 g/mol. The lowest BCUT2D eigenvalue weighted by atomic mass is 10.1. The van der Waals surface area contributed by atoms with E-state index in [4.69, 9.17) is 5.26 Å². The molecule has 0 atom stereocenters. The topological polar surface area (TPSA) is 84.7 Å². The lowest BCUT2D eigenvalue weighted by Gasteiger charge is -2.25. The third kappa shape index (κ3) is 5.37. The maximum atomic E-state index is 13.0. The number of benzene rings is 2. The van der Waals surface area contributed by atoms with Crippen LogP contribution in [0.15, 0.2) is 46.9 Å². The maximum absolute atomic E-state index is 13.0. The number of likely N-dealkylation sites (N-methyl/N-ethyl adjacent to an activating group) is 1. The van der Waals surface area contributed by atoms with E-state index in [-0.39, 0.29) is 30.7 Å². The monoisotopic (exact) mass is 482 g/mol. The van der Waals surface area contributed by atoms with E-state index >= 15 is 0 Å². The summed E-state index contributed by atoms with van der Waals surface area (Å²) in [5.41, 5.74) is 2.19. The van der Waals surface area contributed by atoms with Crippen LogP contribution in [0.5, 0.6) is 0 Å². The first-order valence-electron chi connectivity index (χ1n) is 9.87. The molecule has 3 amide bonds. The van der Waals surface area contributed by atoms with Crippen LogP contribution in [0.25, 0.3) is 0 Å². The summed E-state index contributed by atoms with van der Waals surface area (Å²) < 4.78 is 0.725. The largest absolute Gasteiger partial charge is 0.337 e. The molecule has 31 heavy (non-hydrogen) atoms. The molecule has 0 spiro atoms. The summed E-state index contributed by atoms with van der Waals surface area (Å²) >= 11 is 3.32. The van der Waals surface area contributed by atoms with Gasteiger partial charge in [0.2, 0.25) is 5.91 Å². The standard InChI is InChI=1S/C23H23BrN4O3/c1-26(2)11-12-27(15-17-5-3-16(14-25)4-6-17)21(29)9-10-28-22(30)19-8-7-18(24)13-20(19)23(28)31/h3-8,13H,9-12,15H2,1-2H3. The minimum atomic E-state index is -0.374. The first kappa shape index (κ1) is 22.7. The van der Waals surface area contributed by atoms with E-state index in [1.165, 1.54) is 0 Å². The third-order valence-corrected chi connectivity index (χ3v) is 5.60. The Morgan fingerprint density at radius 3 is 2.35 bits per heavy atom. The van der Waals surface area contributed by atoms with Gasteiger partial charge in [-0.15, -0.1) is 0 Å². The average Bonchev–Trinajstić information content (AvgIpc) is 2.98. The highest BCUT2D eigenvalue weighted by Crippen LogP contribution is 2.26. The van der Waals surface area contributed by atoms with Gasteiger partial charge in [-0.3, -0.25) is 19.3 Å². The number of nitrogens with zero attached hydrogens (tertiary/aromatic N) is 4. The smallest absolute Gasteiger partial charge is 0.261 e. The summed E-state index contributed by atoms with van der Waals surface area (Å²) in [5, 5.41) is 8.96. The molecule has 8 heteroatoms. The molecular formula is C23H23BrN4O3. The molecule has 1 aliphatic heterocycles. The number of nitriles is 1. The van der Waals surface area contributed by atoms with Gasteiger partial charge >= 0.3 is 0 Å². The number of fused-ring (bicyclic) bond motifs is 1. The number of hydrogen-bond donors (Lipinski definition) is 0. The van der Waals surface area contributed by atoms with E-state index in [0.717, 1.165) is 14.9 Å². The van der Waals surface area contributed by atoms with E-state index in [9.17, 15) is 14.4 Å². The van der Waals surface area contributed by atoms with E-state index in [2.05, 4.69) is 22.0 Å². The van der Waals surface area contributed by atoms with E-state index in [1.807, 2.05) is 31.1 Å². The molecule has 1 aliphatic rings. The van der Waals surface area contributed by atoms with Crippen molar-refractivity contribution in [1.29, 1.82) is 5.26 Å². The normalized spacial score (nSPS) is 12.8. The van der Waals surface area contributed by atoms with Gasteiger partial charge in [0.1, 0.15) is 0 Å². The SMILES string of the molecule is CN(C)CCN(Cc1ccc(C#N)cc1)C(=O)CCN1C(=O)c2ccc(Br)cc2C1=O. The minimum Gasteiger partial charge on any atom is -0.337 e. The Morgan fingerprint density at radius 1 is 1.03 bits per heavy atom. The molecule has 7 nitrogen and oxygen atoms in total. The van der Waals surface area contributed by atoms with Gasteiger partial charge in [-0.05, 0) is 50.0 Å². The first-order chi connectivity index (χ1) is 14.8. The molecule has 160 valence electrons. The summed E-state index contributed by atoms with van der Waals surface area (Å²) in [7, 11) is 3.86. The Hall–Kier alpha value is -3.02. The lowest BCUT2D eigenvalue weighted by Crippen LogP contribution is -2.39. The Labute approximate surface area is 190 Å². The second-order valence-electron chi connectivity index (χ2n) is 7.63. The van der Waals surface area contributed by atoms with Gasteiger partial charge in [0.25, 0.3) is 11.8 Å². The molecule has 0 saturated carbocycles. The highest BCUT2D eigenvalue weighted by atomic mass is 79.9. The number of carbonyl (C=O) groups is 3. The predicted molar refractivity (Wildman–Crippen MR) is 119 cm³/mol. The van der Waals surface area contributed by atoms with Gasteiger partial charge in [-0.1, -0.05) is 28.1 Å². The van der Waals surface area contributed by atoms with Crippen molar-refractivity contribution in [3.63, 3.8) is 0 Å². The van der Waals surface area contributed by atoms with Gasteiger partial charge < -0.3 is 9.80 Å². The van der Waals surface area contributed by atoms with Crippen LogP contribution < -0.4 is 0 Å². The summed E-state index contributed by atoms with van der Waals surface area (Å²) in [6.45, 7) is 1.63. The molecule has 3 rings (SSSR count). The van der Waals surface area contributed by atoms with Crippen molar-refractivity contribution >= 4 is 33.7 Å². The molecule has 0 saturated heterocycles. The molecule has 0 radical (unpaired) electrons. The third-order valence-electron chi connectivity index (χ3n) is 5.11. The van der Waals surface area contributed by atoms with Crippen LogP contribution in [0.4, 0.5) is 0 Å². The fourth-order valence-corrected chi connectivity index (χ4v) is 3.71. The molecule has 2 aromatic rings. The van der Waals surface area contributed by atoms with E-state index in [1.54, 1.807) is 35.2 Å². The lowest BCUT2D eigenvalue weighted by molar-refractivity contribution is -0.132. The molecule has 0 aromatic heterocycles. The van der Waals surface area contributed by atoms with Crippen molar-refractivity contribution in [1.82, 2.24) is 14.7 Å². The summed E-state index contributed by atoms with van der Waals surface area (Å²) in [5.74, 6) is -0.878. The Morgan fingerprint density at radius 2 is 1.71 bits per heavy atom. The van der Waals surface area contributed by atoms with Crippen LogP contribution in [-0.4, -0.2) is 66.2 Å². The number of amides is 3. The maximum Gasteiger partial charge on any atom is 0.261 e. The van der Waals surface area contributed by atoms with Gasteiger partial charge in [-0.2, -0.15) is 5.26 Å². The Kier molecular flexibility index (Phi) is 7.21. The summed E-state index contributed by atoms with van der Waals surface area (Å²) in [6.07, 6.45) is 0.0519. The highest BCUT2D eigenvalue weighted by molar-refractivity contribution is 9.10. The number of halogens is 1. The van der Waals surface area contributed by atoms with Crippen LogP contribution in [-0.2, 0) is 11.3 Å². The molecule has 0 unspecified atom stereocenters. The van der Waals surface area contributed by atoms with Crippen molar-refractivity contribution in [2.45, 2.75) is 13.0 Å². The molecular weight excluding hydrogens is 460 g/mol. The second kappa shape index (κ2) is 9.86. The van der Waals surface area contributed by atoms with Gasteiger partial charge in [0.15, 0.2) is 0 Å². The van der Waals surface area contributed by atoms with Crippen molar-refractivity contribution in [3.8, 4) is 6.07 Å². The minimum absolute atomic E-state index is 0.0363. The van der Waals surface area contributed by atoms with Crippen molar-refractivity contribution in [2.75, 3.05) is 33.7 Å². The quantitative estimate of drug-likeness (QED) is 0.540. The number of hydrogen-bond acceptors (Lipinski definition) is 5. The van der Waals surface area contributed by atoms with Crippen LogP contribution in [0, 0.1) is 11.3 Å². The molecule has 0 fully saturated rings. The molecule has 2 aromatic carbocycles. The van der Waals surface area contributed by atoms with E-state index < -0.39 is 0 Å². The molecule has 0 N–H and O–H groups in total. The summed E-state index contributed by atoms with van der Waals surface area (Å²) in [4.78, 5) is 43.1. The fraction of sp³-hybridized carbons (Fsp3) is 0.304. The zero-order valence-corrected chi connectivity index (χ0v) is 19.1. The second-order valence-corrected chi connectivity index (χ2v) is 8.54. The summed E-state index contributed by atoms with van der Waals surface area (Å²) in [6, 6.07) is 14.2. The van der Waals surface area contributed by atoms with Crippen molar-refractivity contribution < 1.29 is 14.4 Å². The zero-order chi connectivity index (χ0) is 22.5. The molecule has 0 bridgehead atoms.